The van der Waals surface area contributed by atoms with Crippen molar-refractivity contribution in [2.75, 3.05) is 13.2 Å². The molecule has 0 unspecified atom stereocenters. The number of halogens is 2. The van der Waals surface area contributed by atoms with Crippen LogP contribution in [0.4, 0.5) is 4.39 Å². The van der Waals surface area contributed by atoms with Crippen molar-refractivity contribution in [1.29, 1.82) is 0 Å². The van der Waals surface area contributed by atoms with Crippen LogP contribution in [0.15, 0.2) is 46.9 Å². The van der Waals surface area contributed by atoms with Gasteiger partial charge < -0.3 is 9.47 Å². The summed E-state index contributed by atoms with van der Waals surface area (Å²) in [6.07, 6.45) is 0.587. The quantitative estimate of drug-likeness (QED) is 0.592. The Labute approximate surface area is 124 Å². The highest BCUT2D eigenvalue weighted by atomic mass is 79.9. The fraction of sp³-hybridized carbons (Fsp3) is 0.133. The molecule has 2 rings (SSSR count). The first-order valence-electron chi connectivity index (χ1n) is 5.95. The molecule has 0 N–H and O–H groups in total. The van der Waals surface area contributed by atoms with Crippen molar-refractivity contribution < 1.29 is 18.7 Å². The van der Waals surface area contributed by atoms with Crippen LogP contribution in [-0.4, -0.2) is 19.5 Å². The smallest absolute Gasteiger partial charge is 0.165 e. The van der Waals surface area contributed by atoms with E-state index in [0.29, 0.717) is 18.6 Å². The van der Waals surface area contributed by atoms with Crippen molar-refractivity contribution in [3.8, 4) is 11.5 Å². The summed E-state index contributed by atoms with van der Waals surface area (Å²) < 4.78 is 25.2. The fourth-order valence-electron chi connectivity index (χ4n) is 1.55. The largest absolute Gasteiger partial charge is 0.490 e. The van der Waals surface area contributed by atoms with E-state index in [1.165, 1.54) is 12.1 Å². The van der Waals surface area contributed by atoms with E-state index in [-0.39, 0.29) is 17.9 Å². The summed E-state index contributed by atoms with van der Waals surface area (Å²) in [6, 6.07) is 11.5. The third-order valence-electron chi connectivity index (χ3n) is 2.52. The molecule has 104 valence electrons. The summed E-state index contributed by atoms with van der Waals surface area (Å²) in [4.78, 5) is 10.5. The van der Waals surface area contributed by atoms with E-state index in [4.69, 9.17) is 9.47 Å². The maximum Gasteiger partial charge on any atom is 0.165 e. The minimum absolute atomic E-state index is 0.106. The topological polar surface area (TPSA) is 35.5 Å². The lowest BCUT2D eigenvalue weighted by Crippen LogP contribution is -2.09. The number of hydrogen-bond donors (Lipinski definition) is 0. The number of aldehydes is 1. The molecule has 0 saturated carbocycles. The van der Waals surface area contributed by atoms with Gasteiger partial charge >= 0.3 is 0 Å². The van der Waals surface area contributed by atoms with Gasteiger partial charge in [-0.3, -0.25) is 4.79 Å². The Morgan fingerprint density at radius 3 is 2.40 bits per heavy atom. The van der Waals surface area contributed by atoms with Crippen LogP contribution in [0.25, 0.3) is 0 Å². The van der Waals surface area contributed by atoms with Gasteiger partial charge in [-0.25, -0.2) is 4.39 Å². The SMILES string of the molecule is O=Cc1ccc(OCCOc2ccc(Br)cc2)c(F)c1. The van der Waals surface area contributed by atoms with Crippen molar-refractivity contribution in [2.45, 2.75) is 0 Å². The first kappa shape index (κ1) is 14.5. The molecule has 0 aliphatic carbocycles. The van der Waals surface area contributed by atoms with Crippen LogP contribution < -0.4 is 9.47 Å². The molecular formula is C15H12BrFO3. The molecule has 2 aromatic rings. The summed E-state index contributed by atoms with van der Waals surface area (Å²) in [6.45, 7) is 0.518. The van der Waals surface area contributed by atoms with Crippen LogP contribution in [0.5, 0.6) is 11.5 Å². The predicted octanol–water partition coefficient (Wildman–Crippen LogP) is 3.86. The second-order valence-corrected chi connectivity index (χ2v) is 4.87. The van der Waals surface area contributed by atoms with Crippen LogP contribution in [0.3, 0.4) is 0 Å². The van der Waals surface area contributed by atoms with Gasteiger partial charge in [0.1, 0.15) is 25.2 Å². The van der Waals surface area contributed by atoms with Gasteiger partial charge in [0.05, 0.1) is 0 Å². The molecule has 3 nitrogen and oxygen atoms in total. The Balaban J connectivity index is 1.81. The number of carbonyl (C=O) groups is 1. The highest BCUT2D eigenvalue weighted by molar-refractivity contribution is 9.10. The van der Waals surface area contributed by atoms with Crippen LogP contribution in [0.1, 0.15) is 10.4 Å². The van der Waals surface area contributed by atoms with Gasteiger partial charge in [0, 0.05) is 10.0 Å². The van der Waals surface area contributed by atoms with Crippen molar-refractivity contribution in [3.05, 3.63) is 58.3 Å². The Morgan fingerprint density at radius 2 is 1.75 bits per heavy atom. The third-order valence-corrected chi connectivity index (χ3v) is 3.04. The normalized spacial score (nSPS) is 10.1. The zero-order valence-corrected chi connectivity index (χ0v) is 12.1. The van der Waals surface area contributed by atoms with Gasteiger partial charge in [0.25, 0.3) is 0 Å². The lowest BCUT2D eigenvalue weighted by Gasteiger charge is -2.09. The molecule has 0 spiro atoms. The second kappa shape index (κ2) is 7.05. The van der Waals surface area contributed by atoms with Gasteiger partial charge in [-0.2, -0.15) is 0 Å². The van der Waals surface area contributed by atoms with Crippen molar-refractivity contribution >= 4 is 22.2 Å². The highest BCUT2D eigenvalue weighted by Gasteiger charge is 2.04. The minimum Gasteiger partial charge on any atom is -0.490 e. The molecule has 20 heavy (non-hydrogen) atoms. The molecule has 0 atom stereocenters. The highest BCUT2D eigenvalue weighted by Crippen LogP contribution is 2.18. The van der Waals surface area contributed by atoms with Crippen LogP contribution in [0.2, 0.25) is 0 Å². The Hall–Kier alpha value is -1.88. The Kier molecular flexibility index (Phi) is 5.12. The number of ether oxygens (including phenoxy) is 2. The first-order chi connectivity index (χ1) is 9.69. The maximum atomic E-state index is 13.5. The third kappa shape index (κ3) is 4.06. The molecular weight excluding hydrogens is 327 g/mol. The number of benzene rings is 2. The molecule has 0 radical (unpaired) electrons. The molecule has 0 aromatic heterocycles. The lowest BCUT2D eigenvalue weighted by atomic mass is 10.2. The van der Waals surface area contributed by atoms with Crippen molar-refractivity contribution in [3.63, 3.8) is 0 Å². The van der Waals surface area contributed by atoms with Gasteiger partial charge in [-0.15, -0.1) is 0 Å². The molecule has 0 aliphatic heterocycles. The minimum atomic E-state index is -0.557. The van der Waals surface area contributed by atoms with Crippen molar-refractivity contribution in [2.24, 2.45) is 0 Å². The maximum absolute atomic E-state index is 13.5. The summed E-state index contributed by atoms with van der Waals surface area (Å²) >= 11 is 3.33. The predicted molar refractivity (Wildman–Crippen MR) is 76.9 cm³/mol. The molecule has 0 amide bonds. The summed E-state index contributed by atoms with van der Waals surface area (Å²) in [5.74, 6) is 0.266. The molecule has 5 heteroatoms. The summed E-state index contributed by atoms with van der Waals surface area (Å²) in [5, 5.41) is 0. The van der Waals surface area contributed by atoms with E-state index >= 15 is 0 Å². The average Bonchev–Trinajstić information content (AvgIpc) is 2.46. The second-order valence-electron chi connectivity index (χ2n) is 3.96. The monoisotopic (exact) mass is 338 g/mol. The molecule has 0 fully saturated rings. The molecule has 0 saturated heterocycles. The first-order valence-corrected chi connectivity index (χ1v) is 6.74. The van der Waals surface area contributed by atoms with Crippen molar-refractivity contribution in [1.82, 2.24) is 0 Å². The lowest BCUT2D eigenvalue weighted by molar-refractivity contribution is 0.112. The standard InChI is InChI=1S/C15H12BrFO3/c16-12-2-4-13(5-3-12)19-7-8-20-15-6-1-11(10-18)9-14(15)17/h1-6,9-10H,7-8H2. The molecule has 0 aliphatic rings. The molecule has 2 aromatic carbocycles. The Bertz CT molecular complexity index is 584. The van der Waals surface area contributed by atoms with Gasteiger partial charge in [-0.1, -0.05) is 15.9 Å². The van der Waals surface area contributed by atoms with Gasteiger partial charge in [0.2, 0.25) is 0 Å². The number of carbonyl (C=O) groups excluding carboxylic acids is 1. The zero-order valence-electron chi connectivity index (χ0n) is 10.5. The summed E-state index contributed by atoms with van der Waals surface area (Å²) in [5.41, 5.74) is 0.279. The van der Waals surface area contributed by atoms with E-state index in [0.717, 1.165) is 10.5 Å². The van der Waals surface area contributed by atoms with Gasteiger partial charge in [-0.05, 0) is 42.5 Å². The van der Waals surface area contributed by atoms with Crippen LogP contribution >= 0.6 is 15.9 Å². The zero-order chi connectivity index (χ0) is 14.4. The Morgan fingerprint density at radius 1 is 1.05 bits per heavy atom. The summed E-state index contributed by atoms with van der Waals surface area (Å²) in [7, 11) is 0. The molecule has 0 bridgehead atoms. The van der Waals surface area contributed by atoms with Crippen LogP contribution in [0, 0.1) is 5.82 Å². The fourth-order valence-corrected chi connectivity index (χ4v) is 1.81. The number of rotatable bonds is 6. The van der Waals surface area contributed by atoms with Gasteiger partial charge in [0.15, 0.2) is 11.6 Å². The van der Waals surface area contributed by atoms with E-state index < -0.39 is 5.82 Å². The molecule has 0 heterocycles. The van der Waals surface area contributed by atoms with E-state index in [1.807, 2.05) is 24.3 Å². The number of hydrogen-bond acceptors (Lipinski definition) is 3. The van der Waals surface area contributed by atoms with E-state index in [1.54, 1.807) is 0 Å². The van der Waals surface area contributed by atoms with Crippen LogP contribution in [-0.2, 0) is 0 Å². The van der Waals surface area contributed by atoms with E-state index in [9.17, 15) is 9.18 Å². The van der Waals surface area contributed by atoms with E-state index in [2.05, 4.69) is 15.9 Å². The average molecular weight is 339 g/mol.